The van der Waals surface area contributed by atoms with Crippen LogP contribution < -0.4 is 5.76 Å². The summed E-state index contributed by atoms with van der Waals surface area (Å²) >= 11 is 0. The van der Waals surface area contributed by atoms with Crippen LogP contribution in [0.2, 0.25) is 0 Å². The van der Waals surface area contributed by atoms with Gasteiger partial charge in [-0.2, -0.15) is 0 Å². The Hall–Kier alpha value is -2.57. The second kappa shape index (κ2) is 6.90. The normalized spacial score (nSPS) is 15.6. The molecule has 2 aromatic rings. The highest BCUT2D eigenvalue weighted by molar-refractivity contribution is 5.80. The minimum Gasteiger partial charge on any atom is -0.466 e. The maximum absolute atomic E-state index is 12.5. The first-order chi connectivity index (χ1) is 11.6. The molecule has 1 aliphatic rings. The fraction of sp³-hybridized carbons (Fsp3) is 0.471. The highest BCUT2D eigenvalue weighted by Gasteiger charge is 2.28. The van der Waals surface area contributed by atoms with Crippen molar-refractivity contribution in [3.05, 3.63) is 34.8 Å². The number of para-hydroxylation sites is 2. The fourth-order valence-corrected chi connectivity index (χ4v) is 3.02. The number of fused-ring (bicyclic) bond motifs is 1. The summed E-state index contributed by atoms with van der Waals surface area (Å²) < 4.78 is 11.5. The molecule has 1 aliphatic heterocycles. The first kappa shape index (κ1) is 16.3. The van der Waals surface area contributed by atoms with E-state index < -0.39 is 5.76 Å². The van der Waals surface area contributed by atoms with Gasteiger partial charge in [-0.05, 0) is 31.9 Å². The summed E-state index contributed by atoms with van der Waals surface area (Å²) in [5.41, 5.74) is 1.08. The average Bonchev–Trinajstić information content (AvgIpc) is 2.91. The van der Waals surface area contributed by atoms with Crippen LogP contribution in [0.15, 0.2) is 33.5 Å². The maximum Gasteiger partial charge on any atom is 0.420 e. The Morgan fingerprint density at radius 2 is 1.96 bits per heavy atom. The van der Waals surface area contributed by atoms with Crippen LogP contribution in [-0.2, 0) is 20.9 Å². The summed E-state index contributed by atoms with van der Waals surface area (Å²) in [5, 5.41) is 0. The molecule has 0 radical (unpaired) electrons. The van der Waals surface area contributed by atoms with Crippen LogP contribution in [-0.4, -0.2) is 41.0 Å². The quantitative estimate of drug-likeness (QED) is 0.791. The van der Waals surface area contributed by atoms with Crippen LogP contribution in [0.5, 0.6) is 0 Å². The van der Waals surface area contributed by atoms with E-state index in [9.17, 15) is 14.4 Å². The lowest BCUT2D eigenvalue weighted by Crippen LogP contribution is -2.42. The lowest BCUT2D eigenvalue weighted by molar-refractivity contribution is -0.151. The van der Waals surface area contributed by atoms with E-state index >= 15 is 0 Å². The highest BCUT2D eigenvalue weighted by atomic mass is 16.5. The summed E-state index contributed by atoms with van der Waals surface area (Å²) in [5.74, 6) is -1.02. The van der Waals surface area contributed by atoms with Crippen LogP contribution in [0.1, 0.15) is 19.8 Å². The van der Waals surface area contributed by atoms with Gasteiger partial charge in [-0.25, -0.2) is 4.79 Å². The van der Waals surface area contributed by atoms with Crippen molar-refractivity contribution in [3.8, 4) is 0 Å². The molecular formula is C17H20N2O5. The van der Waals surface area contributed by atoms with E-state index in [1.165, 1.54) is 4.57 Å². The van der Waals surface area contributed by atoms with Crippen molar-refractivity contribution >= 4 is 23.0 Å². The third kappa shape index (κ3) is 3.20. The number of oxazole rings is 1. The molecule has 1 fully saturated rings. The SMILES string of the molecule is CCOC(=O)C1CCN(C(=O)Cn2c(=O)oc3ccccc32)CC1. The topological polar surface area (TPSA) is 81.8 Å². The molecule has 0 bridgehead atoms. The monoisotopic (exact) mass is 332 g/mol. The van der Waals surface area contributed by atoms with Gasteiger partial charge >= 0.3 is 11.7 Å². The number of hydrogen-bond acceptors (Lipinski definition) is 5. The van der Waals surface area contributed by atoms with E-state index in [-0.39, 0.29) is 24.3 Å². The summed E-state index contributed by atoms with van der Waals surface area (Å²) in [4.78, 5) is 37.8. The molecule has 1 saturated heterocycles. The Labute approximate surface area is 138 Å². The summed E-state index contributed by atoms with van der Waals surface area (Å²) in [6.07, 6.45) is 1.18. The van der Waals surface area contributed by atoms with Gasteiger partial charge in [0.2, 0.25) is 5.91 Å². The van der Waals surface area contributed by atoms with Crippen molar-refractivity contribution in [2.75, 3.05) is 19.7 Å². The van der Waals surface area contributed by atoms with Crippen LogP contribution in [0, 0.1) is 5.92 Å². The summed E-state index contributed by atoms with van der Waals surface area (Å²) in [6.45, 7) is 3.08. The zero-order valence-electron chi connectivity index (χ0n) is 13.6. The number of carbonyl (C=O) groups excluding carboxylic acids is 2. The van der Waals surface area contributed by atoms with Gasteiger partial charge in [-0.1, -0.05) is 12.1 Å². The lowest BCUT2D eigenvalue weighted by Gasteiger charge is -2.30. The van der Waals surface area contributed by atoms with Crippen molar-refractivity contribution < 1.29 is 18.7 Å². The molecule has 2 heterocycles. The number of esters is 1. The predicted octanol–water partition coefficient (Wildman–Crippen LogP) is 1.40. The number of hydrogen-bond donors (Lipinski definition) is 0. The summed E-state index contributed by atoms with van der Waals surface area (Å²) in [7, 11) is 0. The highest BCUT2D eigenvalue weighted by Crippen LogP contribution is 2.19. The van der Waals surface area contributed by atoms with E-state index in [4.69, 9.17) is 9.15 Å². The second-order valence-electron chi connectivity index (χ2n) is 5.83. The van der Waals surface area contributed by atoms with Gasteiger partial charge in [-0.3, -0.25) is 14.2 Å². The molecule has 0 aliphatic carbocycles. The fourth-order valence-electron chi connectivity index (χ4n) is 3.02. The molecule has 24 heavy (non-hydrogen) atoms. The Kier molecular flexibility index (Phi) is 4.69. The molecule has 0 spiro atoms. The molecule has 3 rings (SSSR count). The van der Waals surface area contributed by atoms with Gasteiger partial charge in [0.1, 0.15) is 6.54 Å². The average molecular weight is 332 g/mol. The predicted molar refractivity (Wildman–Crippen MR) is 86.4 cm³/mol. The smallest absolute Gasteiger partial charge is 0.420 e. The molecule has 0 saturated carbocycles. The van der Waals surface area contributed by atoms with Gasteiger partial charge < -0.3 is 14.1 Å². The summed E-state index contributed by atoms with van der Waals surface area (Å²) in [6, 6.07) is 7.02. The molecule has 1 aromatic heterocycles. The van der Waals surface area contributed by atoms with Crippen LogP contribution in [0.3, 0.4) is 0 Å². The molecule has 128 valence electrons. The van der Waals surface area contributed by atoms with E-state index in [0.717, 1.165) is 0 Å². The number of likely N-dealkylation sites (tertiary alicyclic amines) is 1. The zero-order chi connectivity index (χ0) is 17.1. The number of ether oxygens (including phenoxy) is 1. The van der Waals surface area contributed by atoms with E-state index in [2.05, 4.69) is 0 Å². The van der Waals surface area contributed by atoms with E-state index in [1.807, 2.05) is 0 Å². The van der Waals surface area contributed by atoms with Crippen molar-refractivity contribution in [3.63, 3.8) is 0 Å². The van der Waals surface area contributed by atoms with Gasteiger partial charge in [0.15, 0.2) is 5.58 Å². The Balaban J connectivity index is 1.65. The van der Waals surface area contributed by atoms with Crippen LogP contribution in [0.4, 0.5) is 0 Å². The zero-order valence-corrected chi connectivity index (χ0v) is 13.6. The maximum atomic E-state index is 12.5. The van der Waals surface area contributed by atoms with Gasteiger partial charge in [0, 0.05) is 13.1 Å². The molecule has 0 N–H and O–H groups in total. The van der Waals surface area contributed by atoms with Crippen LogP contribution in [0.25, 0.3) is 11.1 Å². The third-order valence-corrected chi connectivity index (χ3v) is 4.33. The number of rotatable bonds is 4. The number of aromatic nitrogens is 1. The molecule has 0 unspecified atom stereocenters. The van der Waals surface area contributed by atoms with Crippen molar-refractivity contribution in [2.45, 2.75) is 26.3 Å². The van der Waals surface area contributed by atoms with Crippen molar-refractivity contribution in [1.29, 1.82) is 0 Å². The van der Waals surface area contributed by atoms with Gasteiger partial charge in [0.05, 0.1) is 18.0 Å². The standard InChI is InChI=1S/C17H20N2O5/c1-2-23-16(21)12-7-9-18(10-8-12)15(20)11-19-13-5-3-4-6-14(13)24-17(19)22/h3-6,12H,2,7-11H2,1H3. The first-order valence-electron chi connectivity index (χ1n) is 8.13. The Morgan fingerprint density at radius 3 is 2.67 bits per heavy atom. The number of piperidine rings is 1. The minimum atomic E-state index is -0.536. The molecule has 7 nitrogen and oxygen atoms in total. The molecule has 0 atom stereocenters. The Bertz CT molecular complexity index is 799. The number of amides is 1. The van der Waals surface area contributed by atoms with Crippen molar-refractivity contribution in [2.24, 2.45) is 5.92 Å². The number of benzene rings is 1. The third-order valence-electron chi connectivity index (χ3n) is 4.33. The van der Waals surface area contributed by atoms with Crippen molar-refractivity contribution in [1.82, 2.24) is 9.47 Å². The second-order valence-corrected chi connectivity index (χ2v) is 5.83. The Morgan fingerprint density at radius 1 is 1.25 bits per heavy atom. The van der Waals surface area contributed by atoms with E-state index in [0.29, 0.717) is 43.6 Å². The lowest BCUT2D eigenvalue weighted by atomic mass is 9.97. The first-order valence-corrected chi connectivity index (χ1v) is 8.13. The number of carbonyl (C=O) groups is 2. The molecule has 7 heteroatoms. The number of nitrogens with zero attached hydrogens (tertiary/aromatic N) is 2. The van der Waals surface area contributed by atoms with Gasteiger partial charge in [0.25, 0.3) is 0 Å². The van der Waals surface area contributed by atoms with Crippen LogP contribution >= 0.6 is 0 Å². The minimum absolute atomic E-state index is 0.0556. The van der Waals surface area contributed by atoms with E-state index in [1.54, 1.807) is 36.1 Å². The molecule has 1 aromatic carbocycles. The van der Waals surface area contributed by atoms with Gasteiger partial charge in [-0.15, -0.1) is 0 Å². The largest absolute Gasteiger partial charge is 0.466 e. The molecule has 1 amide bonds. The molecular weight excluding hydrogens is 312 g/mol.